The number of nitrogens with one attached hydrogen (secondary N) is 2. The predicted molar refractivity (Wildman–Crippen MR) is 92.1 cm³/mol. The van der Waals surface area contributed by atoms with Crippen molar-refractivity contribution in [2.24, 2.45) is 0 Å². The minimum absolute atomic E-state index is 0.184. The summed E-state index contributed by atoms with van der Waals surface area (Å²) in [6, 6.07) is 10.3. The summed E-state index contributed by atoms with van der Waals surface area (Å²) < 4.78 is 1.02. The molecule has 0 bridgehead atoms. The summed E-state index contributed by atoms with van der Waals surface area (Å²) in [5, 5.41) is 6.08. The zero-order valence-corrected chi connectivity index (χ0v) is 13.8. The molecule has 7 heteroatoms. The second kappa shape index (κ2) is 6.96. The number of hydrogen-bond donors (Lipinski definition) is 2. The molecule has 0 atom stereocenters. The van der Waals surface area contributed by atoms with Gasteiger partial charge in [0.2, 0.25) is 0 Å². The number of thiocarbonyl (C=S) groups is 1. The molecule has 0 radical (unpaired) electrons. The van der Waals surface area contributed by atoms with Crippen LogP contribution in [0.1, 0.15) is 10.4 Å². The number of hydrogen-bond acceptors (Lipinski definition) is 3. The molecular weight excluding hydrogens is 409 g/mol. The lowest BCUT2D eigenvalue weighted by Crippen LogP contribution is -2.34. The van der Waals surface area contributed by atoms with Gasteiger partial charge in [-0.25, -0.2) is 4.98 Å². The van der Waals surface area contributed by atoms with Crippen LogP contribution in [0.4, 0.5) is 5.82 Å². The third-order valence-corrected chi connectivity index (χ3v) is 3.36. The van der Waals surface area contributed by atoms with Crippen LogP contribution in [0.25, 0.3) is 0 Å². The van der Waals surface area contributed by atoms with E-state index in [9.17, 15) is 4.79 Å². The molecule has 1 aromatic carbocycles. The molecule has 0 aliphatic rings. The number of amides is 1. The minimum atomic E-state index is -0.324. The SMILES string of the molecule is O=C(NC(=S)Nc1ccc(I)cn1)c1cccc(Cl)c1. The highest BCUT2D eigenvalue weighted by atomic mass is 127. The van der Waals surface area contributed by atoms with E-state index < -0.39 is 0 Å². The van der Waals surface area contributed by atoms with Crippen LogP contribution in [-0.4, -0.2) is 16.0 Å². The molecule has 1 amide bonds. The van der Waals surface area contributed by atoms with Gasteiger partial charge < -0.3 is 5.32 Å². The van der Waals surface area contributed by atoms with E-state index in [-0.39, 0.29) is 11.0 Å². The first-order chi connectivity index (χ1) is 9.54. The van der Waals surface area contributed by atoms with Crippen LogP contribution in [0.3, 0.4) is 0 Å². The maximum atomic E-state index is 11.9. The lowest BCUT2D eigenvalue weighted by atomic mass is 10.2. The second-order valence-corrected chi connectivity index (χ2v) is 5.87. The third kappa shape index (κ3) is 4.39. The number of halogens is 2. The molecule has 0 fully saturated rings. The fraction of sp³-hybridized carbons (Fsp3) is 0. The van der Waals surface area contributed by atoms with Crippen LogP contribution < -0.4 is 10.6 Å². The van der Waals surface area contributed by atoms with E-state index in [4.69, 9.17) is 23.8 Å². The van der Waals surface area contributed by atoms with Crippen molar-refractivity contribution >= 4 is 63.2 Å². The first kappa shape index (κ1) is 15.1. The van der Waals surface area contributed by atoms with Gasteiger partial charge in [0.05, 0.1) is 0 Å². The fourth-order valence-electron chi connectivity index (χ4n) is 1.40. The molecule has 0 aliphatic heterocycles. The third-order valence-electron chi connectivity index (χ3n) is 2.28. The lowest BCUT2D eigenvalue weighted by molar-refractivity contribution is 0.0977. The van der Waals surface area contributed by atoms with Crippen molar-refractivity contribution in [2.75, 3.05) is 5.32 Å². The Balaban J connectivity index is 1.97. The number of anilines is 1. The highest BCUT2D eigenvalue weighted by Crippen LogP contribution is 2.11. The number of benzene rings is 1. The minimum Gasteiger partial charge on any atom is -0.317 e. The van der Waals surface area contributed by atoms with Crippen LogP contribution >= 0.6 is 46.4 Å². The van der Waals surface area contributed by atoms with Crippen LogP contribution in [0.15, 0.2) is 42.6 Å². The molecule has 20 heavy (non-hydrogen) atoms. The number of aromatic nitrogens is 1. The summed E-state index contributed by atoms with van der Waals surface area (Å²) in [6.07, 6.45) is 1.70. The largest absolute Gasteiger partial charge is 0.317 e. The molecule has 2 aromatic rings. The first-order valence-corrected chi connectivity index (χ1v) is 7.40. The van der Waals surface area contributed by atoms with E-state index >= 15 is 0 Å². The average Bonchev–Trinajstić information content (AvgIpc) is 2.41. The second-order valence-electron chi connectivity index (χ2n) is 3.78. The Morgan fingerprint density at radius 2 is 2.10 bits per heavy atom. The van der Waals surface area contributed by atoms with Gasteiger partial charge in [0.1, 0.15) is 5.82 Å². The summed E-state index contributed by atoms with van der Waals surface area (Å²) in [5.74, 6) is 0.248. The summed E-state index contributed by atoms with van der Waals surface area (Å²) in [5.41, 5.74) is 0.442. The van der Waals surface area contributed by atoms with E-state index in [1.807, 2.05) is 6.07 Å². The molecule has 0 saturated carbocycles. The summed E-state index contributed by atoms with van der Waals surface area (Å²) in [4.78, 5) is 16.1. The van der Waals surface area contributed by atoms with Gasteiger partial charge in [0, 0.05) is 20.4 Å². The standard InChI is InChI=1S/C13H9ClIN3OS/c14-9-3-1-2-8(6-9)12(19)18-13(20)17-11-5-4-10(15)7-16-11/h1-7H,(H2,16,17,18,19,20). The molecule has 0 spiro atoms. The summed E-state index contributed by atoms with van der Waals surface area (Å²) >= 11 is 13.0. The van der Waals surface area contributed by atoms with E-state index in [1.54, 1.807) is 36.5 Å². The van der Waals surface area contributed by atoms with Gasteiger partial charge >= 0.3 is 0 Å². The van der Waals surface area contributed by atoms with Crippen molar-refractivity contribution < 1.29 is 4.79 Å². The molecule has 102 valence electrons. The van der Waals surface area contributed by atoms with Crippen LogP contribution in [0, 0.1) is 3.57 Å². The normalized spacial score (nSPS) is 9.90. The average molecular weight is 418 g/mol. The Morgan fingerprint density at radius 1 is 1.30 bits per heavy atom. The molecule has 2 N–H and O–H groups in total. The number of rotatable bonds is 2. The van der Waals surface area contributed by atoms with E-state index in [0.29, 0.717) is 16.4 Å². The van der Waals surface area contributed by atoms with Crippen LogP contribution in [-0.2, 0) is 0 Å². The van der Waals surface area contributed by atoms with E-state index in [2.05, 4.69) is 38.2 Å². The van der Waals surface area contributed by atoms with E-state index in [0.717, 1.165) is 3.57 Å². The lowest BCUT2D eigenvalue weighted by Gasteiger charge is -2.09. The number of pyridine rings is 1. The highest BCUT2D eigenvalue weighted by molar-refractivity contribution is 14.1. The Morgan fingerprint density at radius 3 is 2.75 bits per heavy atom. The fourth-order valence-corrected chi connectivity index (χ4v) is 2.11. The number of nitrogens with zero attached hydrogens (tertiary/aromatic N) is 1. The molecule has 1 aromatic heterocycles. The predicted octanol–water partition coefficient (Wildman–Crippen LogP) is 3.47. The zero-order chi connectivity index (χ0) is 14.5. The Hall–Kier alpha value is -1.25. The molecule has 0 saturated heterocycles. The van der Waals surface area contributed by atoms with Crippen molar-refractivity contribution in [1.82, 2.24) is 10.3 Å². The number of carbonyl (C=O) groups excluding carboxylic acids is 1. The first-order valence-electron chi connectivity index (χ1n) is 5.54. The van der Waals surface area contributed by atoms with Gasteiger partial charge in [0.25, 0.3) is 5.91 Å². The molecule has 2 rings (SSSR count). The smallest absolute Gasteiger partial charge is 0.257 e. The molecule has 1 heterocycles. The summed E-state index contributed by atoms with van der Waals surface area (Å²) in [6.45, 7) is 0. The molecule has 0 aliphatic carbocycles. The van der Waals surface area contributed by atoms with E-state index in [1.165, 1.54) is 0 Å². The van der Waals surface area contributed by atoms with Crippen molar-refractivity contribution in [3.05, 3.63) is 56.8 Å². The van der Waals surface area contributed by atoms with Crippen molar-refractivity contribution in [2.45, 2.75) is 0 Å². The molecule has 0 unspecified atom stereocenters. The van der Waals surface area contributed by atoms with Gasteiger partial charge in [-0.05, 0) is 65.1 Å². The topological polar surface area (TPSA) is 54.0 Å². The Labute approximate surface area is 140 Å². The Kier molecular flexibility index (Phi) is 5.27. The van der Waals surface area contributed by atoms with Gasteiger partial charge in [-0.3, -0.25) is 10.1 Å². The van der Waals surface area contributed by atoms with Crippen molar-refractivity contribution in [3.63, 3.8) is 0 Å². The Bertz CT molecular complexity index is 648. The quantitative estimate of drug-likeness (QED) is 0.580. The molecule has 4 nitrogen and oxygen atoms in total. The maximum absolute atomic E-state index is 11.9. The van der Waals surface area contributed by atoms with Crippen LogP contribution in [0.2, 0.25) is 5.02 Å². The van der Waals surface area contributed by atoms with Crippen molar-refractivity contribution in [1.29, 1.82) is 0 Å². The monoisotopic (exact) mass is 417 g/mol. The summed E-state index contributed by atoms with van der Waals surface area (Å²) in [7, 11) is 0. The highest BCUT2D eigenvalue weighted by Gasteiger charge is 2.08. The maximum Gasteiger partial charge on any atom is 0.257 e. The molecular formula is C13H9ClIN3OS. The zero-order valence-electron chi connectivity index (χ0n) is 10.1. The van der Waals surface area contributed by atoms with Crippen LogP contribution in [0.5, 0.6) is 0 Å². The van der Waals surface area contributed by atoms with Gasteiger partial charge in [-0.1, -0.05) is 17.7 Å². The van der Waals surface area contributed by atoms with Gasteiger partial charge in [0.15, 0.2) is 5.11 Å². The van der Waals surface area contributed by atoms with Crippen molar-refractivity contribution in [3.8, 4) is 0 Å². The van der Waals surface area contributed by atoms with Gasteiger partial charge in [-0.2, -0.15) is 0 Å². The number of carbonyl (C=O) groups is 1. The van der Waals surface area contributed by atoms with Gasteiger partial charge in [-0.15, -0.1) is 0 Å².